The lowest BCUT2D eigenvalue weighted by Crippen LogP contribution is -2.22. The summed E-state index contributed by atoms with van der Waals surface area (Å²) in [4.78, 5) is 2.31. The van der Waals surface area contributed by atoms with Crippen LogP contribution in [0.5, 0.6) is 5.75 Å². The van der Waals surface area contributed by atoms with Gasteiger partial charge in [0.05, 0.1) is 18.5 Å². The Morgan fingerprint density at radius 1 is 1.19 bits per heavy atom. The normalized spacial score (nSPS) is 14.5. The van der Waals surface area contributed by atoms with E-state index >= 15 is 0 Å². The summed E-state index contributed by atoms with van der Waals surface area (Å²) >= 11 is 0. The number of aryl methyl sites for hydroxylation is 1. The minimum Gasteiger partial charge on any atom is -0.494 e. The Balaban J connectivity index is 1.63. The average Bonchev–Trinajstić information content (AvgIpc) is 3.43. The van der Waals surface area contributed by atoms with Crippen LogP contribution in [0.1, 0.15) is 17.5 Å². The van der Waals surface area contributed by atoms with E-state index in [9.17, 15) is 4.39 Å². The van der Waals surface area contributed by atoms with Crippen molar-refractivity contribution in [1.29, 1.82) is 0 Å². The molecule has 0 unspecified atom stereocenters. The summed E-state index contributed by atoms with van der Waals surface area (Å²) in [5.74, 6) is 0.498. The van der Waals surface area contributed by atoms with Gasteiger partial charge in [-0.1, -0.05) is 18.2 Å². The molecule has 31 heavy (non-hydrogen) atoms. The lowest BCUT2D eigenvalue weighted by atomic mass is 10.1. The van der Waals surface area contributed by atoms with E-state index in [2.05, 4.69) is 42.0 Å². The van der Waals surface area contributed by atoms with Crippen molar-refractivity contribution in [2.75, 3.05) is 33.8 Å². The van der Waals surface area contributed by atoms with Crippen LogP contribution >= 0.6 is 0 Å². The van der Waals surface area contributed by atoms with Crippen LogP contribution in [-0.4, -0.2) is 48.5 Å². The van der Waals surface area contributed by atoms with Gasteiger partial charge in [-0.25, -0.2) is 9.07 Å². The Kier molecular flexibility index (Phi) is 6.65. The first-order valence-corrected chi connectivity index (χ1v) is 10.7. The van der Waals surface area contributed by atoms with E-state index in [4.69, 9.17) is 9.84 Å². The van der Waals surface area contributed by atoms with Crippen molar-refractivity contribution in [3.63, 3.8) is 0 Å². The summed E-state index contributed by atoms with van der Waals surface area (Å²) in [6.07, 6.45) is 3.18. The fourth-order valence-corrected chi connectivity index (χ4v) is 4.01. The Morgan fingerprint density at radius 3 is 2.68 bits per heavy atom. The third kappa shape index (κ3) is 4.95. The molecule has 1 aliphatic heterocycles. The average molecular weight is 424 g/mol. The van der Waals surface area contributed by atoms with Crippen molar-refractivity contribution in [2.24, 2.45) is 5.92 Å². The summed E-state index contributed by atoms with van der Waals surface area (Å²) in [6, 6.07) is 13.2. The Morgan fingerprint density at radius 2 is 1.97 bits per heavy atom. The molecule has 1 aliphatic rings. The van der Waals surface area contributed by atoms with E-state index in [1.165, 1.54) is 13.2 Å². The number of nitrogens with zero attached hydrogens (tertiary/aromatic N) is 3. The summed E-state index contributed by atoms with van der Waals surface area (Å²) in [7, 11) is 3.60. The van der Waals surface area contributed by atoms with E-state index in [-0.39, 0.29) is 11.6 Å². The highest BCUT2D eigenvalue weighted by Crippen LogP contribution is 2.29. The van der Waals surface area contributed by atoms with Gasteiger partial charge in [0, 0.05) is 37.0 Å². The first-order chi connectivity index (χ1) is 15.0. The molecular weight excluding hydrogens is 393 g/mol. The molecule has 0 bridgehead atoms. The fraction of sp³-hybridized carbons (Fsp3) is 0.375. The van der Waals surface area contributed by atoms with Crippen LogP contribution in [-0.2, 0) is 6.54 Å². The van der Waals surface area contributed by atoms with Crippen LogP contribution < -0.4 is 15.6 Å². The van der Waals surface area contributed by atoms with Crippen LogP contribution in [0.25, 0.3) is 16.9 Å². The van der Waals surface area contributed by atoms with Crippen molar-refractivity contribution in [3.05, 3.63) is 65.6 Å². The summed E-state index contributed by atoms with van der Waals surface area (Å²) in [5, 5.41) is 4.86. The largest absolute Gasteiger partial charge is 0.494 e. The zero-order chi connectivity index (χ0) is 21.8. The van der Waals surface area contributed by atoms with Gasteiger partial charge in [0.2, 0.25) is 0 Å². The van der Waals surface area contributed by atoms with Crippen molar-refractivity contribution >= 4 is 0 Å². The van der Waals surface area contributed by atoms with Crippen LogP contribution in [0, 0.1) is 18.7 Å². The maximum atomic E-state index is 14.4. The van der Waals surface area contributed by atoms with Gasteiger partial charge in [-0.2, -0.15) is 5.10 Å². The molecule has 6 nitrogen and oxygen atoms in total. The van der Waals surface area contributed by atoms with Gasteiger partial charge in [0.25, 0.3) is 0 Å². The molecule has 0 saturated carbocycles. The lowest BCUT2D eigenvalue weighted by molar-refractivity contribution is 0.301. The van der Waals surface area contributed by atoms with Gasteiger partial charge in [-0.15, -0.1) is 0 Å². The Hall–Kier alpha value is -2.74. The molecule has 0 spiro atoms. The SMILES string of the molecule is COc1ccc(-c2nn(-c3ccccc3C)cc2CN(C)CCC2CNNC2)cc1F. The first-order valence-electron chi connectivity index (χ1n) is 10.7. The number of methoxy groups -OCH3 is 1. The van der Waals surface area contributed by atoms with Crippen LogP contribution in [0.2, 0.25) is 0 Å². The Bertz CT molecular complexity index is 1030. The molecule has 3 aromatic rings. The number of aromatic nitrogens is 2. The van der Waals surface area contributed by atoms with Crippen molar-refractivity contribution in [2.45, 2.75) is 19.9 Å². The second-order valence-electron chi connectivity index (χ2n) is 8.24. The van der Waals surface area contributed by atoms with Gasteiger partial charge in [-0.3, -0.25) is 10.9 Å². The fourth-order valence-electron chi connectivity index (χ4n) is 4.01. The molecule has 0 amide bonds. The molecular formula is C24H30FN5O. The smallest absolute Gasteiger partial charge is 0.165 e. The second kappa shape index (κ2) is 9.60. The van der Waals surface area contributed by atoms with E-state index in [1.807, 2.05) is 28.9 Å². The number of nitrogens with one attached hydrogen (secondary N) is 2. The zero-order valence-corrected chi connectivity index (χ0v) is 18.4. The van der Waals surface area contributed by atoms with E-state index in [0.29, 0.717) is 5.92 Å². The van der Waals surface area contributed by atoms with Crippen LogP contribution in [0.3, 0.4) is 0 Å². The molecule has 164 valence electrons. The number of hydrogen-bond acceptors (Lipinski definition) is 5. The number of ether oxygens (including phenoxy) is 1. The van der Waals surface area contributed by atoms with E-state index in [1.54, 1.807) is 6.07 Å². The molecule has 1 fully saturated rings. The molecule has 1 aromatic heterocycles. The minimum absolute atomic E-state index is 0.236. The second-order valence-corrected chi connectivity index (χ2v) is 8.24. The number of benzene rings is 2. The minimum atomic E-state index is -0.383. The number of para-hydroxylation sites is 1. The highest BCUT2D eigenvalue weighted by molar-refractivity contribution is 5.64. The number of hydrogen-bond donors (Lipinski definition) is 2. The molecule has 2 heterocycles. The molecule has 4 rings (SSSR count). The zero-order valence-electron chi connectivity index (χ0n) is 18.4. The quantitative estimate of drug-likeness (QED) is 0.581. The van der Waals surface area contributed by atoms with Crippen molar-refractivity contribution < 1.29 is 9.13 Å². The van der Waals surface area contributed by atoms with Gasteiger partial charge < -0.3 is 9.64 Å². The predicted octanol–water partition coefficient (Wildman–Crippen LogP) is 3.54. The molecule has 0 atom stereocenters. The number of rotatable bonds is 8. The summed E-state index contributed by atoms with van der Waals surface area (Å²) < 4.78 is 21.4. The van der Waals surface area contributed by atoms with Gasteiger partial charge in [0.1, 0.15) is 0 Å². The topological polar surface area (TPSA) is 54.4 Å². The van der Waals surface area contributed by atoms with Crippen molar-refractivity contribution in [1.82, 2.24) is 25.5 Å². The third-order valence-electron chi connectivity index (χ3n) is 5.84. The van der Waals surface area contributed by atoms with E-state index in [0.717, 1.165) is 60.7 Å². The highest BCUT2D eigenvalue weighted by Gasteiger charge is 2.18. The van der Waals surface area contributed by atoms with Gasteiger partial charge in [-0.05, 0) is 62.7 Å². The number of halogens is 1. The van der Waals surface area contributed by atoms with E-state index < -0.39 is 0 Å². The maximum Gasteiger partial charge on any atom is 0.165 e. The Labute approximate surface area is 183 Å². The van der Waals surface area contributed by atoms with Crippen molar-refractivity contribution in [3.8, 4) is 22.7 Å². The standard InChI is InChI=1S/C24H30FN5O/c1-17-6-4-5-7-22(17)30-16-20(15-29(2)11-10-18-13-26-27-14-18)24(28-30)19-8-9-23(31-3)21(25)12-19/h4-9,12,16,18,26-27H,10-11,13-15H2,1-3H3. The molecule has 2 aromatic carbocycles. The summed E-state index contributed by atoms with van der Waals surface area (Å²) in [5.41, 5.74) is 11.1. The van der Waals surface area contributed by atoms with Crippen LogP contribution in [0.4, 0.5) is 4.39 Å². The first kappa shape index (κ1) is 21.5. The molecule has 1 saturated heterocycles. The number of hydrazine groups is 1. The monoisotopic (exact) mass is 423 g/mol. The van der Waals surface area contributed by atoms with Crippen LogP contribution in [0.15, 0.2) is 48.7 Å². The molecule has 0 radical (unpaired) electrons. The maximum absolute atomic E-state index is 14.4. The molecule has 0 aliphatic carbocycles. The van der Waals surface area contributed by atoms with Gasteiger partial charge >= 0.3 is 0 Å². The predicted molar refractivity (Wildman–Crippen MR) is 121 cm³/mol. The highest BCUT2D eigenvalue weighted by atomic mass is 19.1. The lowest BCUT2D eigenvalue weighted by Gasteiger charge is -2.18. The molecule has 7 heteroatoms. The molecule has 2 N–H and O–H groups in total. The third-order valence-corrected chi connectivity index (χ3v) is 5.84. The summed E-state index contributed by atoms with van der Waals surface area (Å²) in [6.45, 7) is 5.81. The van der Waals surface area contributed by atoms with Gasteiger partial charge in [0.15, 0.2) is 11.6 Å².